The maximum absolute atomic E-state index is 12.2. The standard InChI is InChI=1S/C17H16ClN3O3S2/c1-11-20-14-7-6-12(10-15(14)25-11)21-17(22)8-9-19-26(23,24)16-5-3-2-4-13(16)18/h2-7,10,19H,8-9H2,1H3,(H,21,22). The van der Waals surface area contributed by atoms with Crippen LogP contribution in [0.4, 0.5) is 5.69 Å². The molecule has 0 radical (unpaired) electrons. The Kier molecular flexibility index (Phi) is 5.57. The number of halogens is 1. The van der Waals surface area contributed by atoms with Gasteiger partial charge in [-0.2, -0.15) is 0 Å². The van der Waals surface area contributed by atoms with E-state index >= 15 is 0 Å². The summed E-state index contributed by atoms with van der Waals surface area (Å²) >= 11 is 7.45. The Morgan fingerprint density at radius 3 is 2.77 bits per heavy atom. The highest BCUT2D eigenvalue weighted by Gasteiger charge is 2.17. The summed E-state index contributed by atoms with van der Waals surface area (Å²) < 4.78 is 27.8. The van der Waals surface area contributed by atoms with Crippen molar-refractivity contribution in [2.75, 3.05) is 11.9 Å². The molecule has 0 atom stereocenters. The molecule has 2 aromatic carbocycles. The second kappa shape index (κ2) is 7.71. The molecule has 0 aliphatic rings. The lowest BCUT2D eigenvalue weighted by atomic mass is 10.3. The highest BCUT2D eigenvalue weighted by molar-refractivity contribution is 7.89. The Morgan fingerprint density at radius 1 is 1.23 bits per heavy atom. The molecule has 1 amide bonds. The Balaban J connectivity index is 1.57. The van der Waals surface area contributed by atoms with Crippen LogP contribution in [0.1, 0.15) is 11.4 Å². The van der Waals surface area contributed by atoms with Gasteiger partial charge in [0.2, 0.25) is 15.9 Å². The van der Waals surface area contributed by atoms with Crippen molar-refractivity contribution >= 4 is 54.8 Å². The van der Waals surface area contributed by atoms with Crippen molar-refractivity contribution in [2.45, 2.75) is 18.2 Å². The molecule has 136 valence electrons. The first-order valence-electron chi connectivity index (χ1n) is 7.76. The number of aryl methyl sites for hydroxylation is 1. The van der Waals surface area contributed by atoms with Crippen LogP contribution in [0, 0.1) is 6.92 Å². The van der Waals surface area contributed by atoms with Gasteiger partial charge in [0.15, 0.2) is 0 Å². The molecule has 3 aromatic rings. The van der Waals surface area contributed by atoms with Crippen LogP contribution in [0.15, 0.2) is 47.4 Å². The van der Waals surface area contributed by atoms with Crippen molar-refractivity contribution in [1.29, 1.82) is 0 Å². The molecular weight excluding hydrogens is 394 g/mol. The number of rotatable bonds is 6. The first kappa shape index (κ1) is 18.8. The number of hydrogen-bond donors (Lipinski definition) is 2. The Hall–Kier alpha value is -2.00. The molecule has 1 aromatic heterocycles. The van der Waals surface area contributed by atoms with E-state index in [1.165, 1.54) is 12.1 Å². The van der Waals surface area contributed by atoms with Crippen molar-refractivity contribution in [3.05, 3.63) is 52.5 Å². The predicted octanol–water partition coefficient (Wildman–Crippen LogP) is 3.57. The summed E-state index contributed by atoms with van der Waals surface area (Å²) in [6, 6.07) is 11.6. The lowest BCUT2D eigenvalue weighted by Gasteiger charge is -2.08. The number of aromatic nitrogens is 1. The van der Waals surface area contributed by atoms with Gasteiger partial charge in [0, 0.05) is 18.7 Å². The van der Waals surface area contributed by atoms with E-state index in [1.54, 1.807) is 29.5 Å². The second-order valence-corrected chi connectivity index (χ2v) is 8.92. The van der Waals surface area contributed by atoms with Gasteiger partial charge in [0.25, 0.3) is 0 Å². The molecule has 2 N–H and O–H groups in total. The molecule has 0 unspecified atom stereocenters. The van der Waals surface area contributed by atoms with Crippen LogP contribution in [-0.4, -0.2) is 25.9 Å². The van der Waals surface area contributed by atoms with Crippen LogP contribution >= 0.6 is 22.9 Å². The van der Waals surface area contributed by atoms with Gasteiger partial charge < -0.3 is 5.32 Å². The number of nitrogens with one attached hydrogen (secondary N) is 2. The third-order valence-electron chi connectivity index (χ3n) is 3.55. The van der Waals surface area contributed by atoms with Gasteiger partial charge in [-0.1, -0.05) is 23.7 Å². The minimum Gasteiger partial charge on any atom is -0.326 e. The van der Waals surface area contributed by atoms with Crippen LogP contribution in [0.3, 0.4) is 0 Å². The third kappa shape index (κ3) is 4.39. The molecule has 0 spiro atoms. The molecule has 1 heterocycles. The maximum Gasteiger partial charge on any atom is 0.242 e. The summed E-state index contributed by atoms with van der Waals surface area (Å²) in [6.45, 7) is 1.90. The molecule has 0 saturated carbocycles. The first-order valence-corrected chi connectivity index (χ1v) is 10.4. The summed E-state index contributed by atoms with van der Waals surface area (Å²) in [7, 11) is -3.75. The fraction of sp³-hybridized carbons (Fsp3) is 0.176. The van der Waals surface area contributed by atoms with Gasteiger partial charge in [0.05, 0.1) is 20.2 Å². The molecule has 0 aliphatic heterocycles. The van der Waals surface area contributed by atoms with Crippen molar-refractivity contribution < 1.29 is 13.2 Å². The lowest BCUT2D eigenvalue weighted by Crippen LogP contribution is -2.28. The Bertz CT molecular complexity index is 1060. The number of carbonyl (C=O) groups excluding carboxylic acids is 1. The van der Waals surface area contributed by atoms with E-state index in [1.807, 2.05) is 19.1 Å². The number of thiazole rings is 1. The first-order chi connectivity index (χ1) is 12.3. The average molecular weight is 410 g/mol. The summed E-state index contributed by atoms with van der Waals surface area (Å²) in [6.07, 6.45) is 0.00341. The van der Waals surface area contributed by atoms with Crippen LogP contribution in [0.5, 0.6) is 0 Å². The van der Waals surface area contributed by atoms with Crippen LogP contribution in [0.25, 0.3) is 10.2 Å². The zero-order valence-electron chi connectivity index (χ0n) is 13.8. The largest absolute Gasteiger partial charge is 0.326 e. The molecule has 0 bridgehead atoms. The predicted molar refractivity (Wildman–Crippen MR) is 104 cm³/mol. The van der Waals surface area contributed by atoms with Gasteiger partial charge in [-0.3, -0.25) is 4.79 Å². The maximum atomic E-state index is 12.2. The monoisotopic (exact) mass is 409 g/mol. The summed E-state index contributed by atoms with van der Waals surface area (Å²) in [5.74, 6) is -0.285. The average Bonchev–Trinajstić information content (AvgIpc) is 2.94. The molecule has 9 heteroatoms. The SMILES string of the molecule is Cc1nc2ccc(NC(=O)CCNS(=O)(=O)c3ccccc3Cl)cc2s1. The Labute approximate surface area is 160 Å². The van der Waals surface area contributed by atoms with Crippen LogP contribution < -0.4 is 10.0 Å². The van der Waals surface area contributed by atoms with Crippen LogP contribution in [0.2, 0.25) is 5.02 Å². The smallest absolute Gasteiger partial charge is 0.242 e. The highest BCUT2D eigenvalue weighted by atomic mass is 35.5. The van der Waals surface area contributed by atoms with E-state index in [9.17, 15) is 13.2 Å². The van der Waals surface area contributed by atoms with E-state index < -0.39 is 10.0 Å². The number of amides is 1. The number of fused-ring (bicyclic) bond motifs is 1. The number of hydrogen-bond acceptors (Lipinski definition) is 5. The quantitative estimate of drug-likeness (QED) is 0.651. The van der Waals surface area contributed by atoms with Gasteiger partial charge >= 0.3 is 0 Å². The molecule has 3 rings (SSSR count). The highest BCUT2D eigenvalue weighted by Crippen LogP contribution is 2.25. The van der Waals surface area contributed by atoms with E-state index in [2.05, 4.69) is 15.0 Å². The fourth-order valence-corrected chi connectivity index (χ4v) is 4.80. The van der Waals surface area contributed by atoms with E-state index in [0.717, 1.165) is 15.2 Å². The number of sulfonamides is 1. The van der Waals surface area contributed by atoms with Gasteiger partial charge in [-0.15, -0.1) is 11.3 Å². The number of carbonyl (C=O) groups is 1. The van der Waals surface area contributed by atoms with E-state index in [4.69, 9.17) is 11.6 Å². The third-order valence-corrected chi connectivity index (χ3v) is 6.44. The topological polar surface area (TPSA) is 88.2 Å². The molecule has 26 heavy (non-hydrogen) atoms. The van der Waals surface area contributed by atoms with E-state index in [0.29, 0.717) is 5.69 Å². The van der Waals surface area contributed by atoms with Gasteiger partial charge in [-0.25, -0.2) is 18.1 Å². The van der Waals surface area contributed by atoms with Crippen molar-refractivity contribution in [3.8, 4) is 0 Å². The molecule has 6 nitrogen and oxygen atoms in total. The van der Waals surface area contributed by atoms with Gasteiger partial charge in [-0.05, 0) is 37.3 Å². The summed E-state index contributed by atoms with van der Waals surface area (Å²) in [5.41, 5.74) is 1.54. The lowest BCUT2D eigenvalue weighted by molar-refractivity contribution is -0.116. The minimum atomic E-state index is -3.75. The molecule has 0 saturated heterocycles. The second-order valence-electron chi connectivity index (χ2n) is 5.54. The normalized spacial score (nSPS) is 11.6. The summed E-state index contributed by atoms with van der Waals surface area (Å²) in [5, 5.41) is 3.85. The van der Waals surface area contributed by atoms with Crippen molar-refractivity contribution in [2.24, 2.45) is 0 Å². The van der Waals surface area contributed by atoms with Crippen LogP contribution in [-0.2, 0) is 14.8 Å². The summed E-state index contributed by atoms with van der Waals surface area (Å²) in [4.78, 5) is 16.4. The van der Waals surface area contributed by atoms with Crippen molar-refractivity contribution in [3.63, 3.8) is 0 Å². The fourth-order valence-electron chi connectivity index (χ4n) is 2.38. The number of nitrogens with zero attached hydrogens (tertiary/aromatic N) is 1. The molecular formula is C17H16ClN3O3S2. The zero-order chi connectivity index (χ0) is 18.7. The van der Waals surface area contributed by atoms with Crippen molar-refractivity contribution in [1.82, 2.24) is 9.71 Å². The number of anilines is 1. The molecule has 0 aliphatic carbocycles. The van der Waals surface area contributed by atoms with Gasteiger partial charge in [0.1, 0.15) is 4.90 Å². The zero-order valence-corrected chi connectivity index (χ0v) is 16.2. The minimum absolute atomic E-state index is 0.00341. The van der Waals surface area contributed by atoms with E-state index in [-0.39, 0.29) is 28.8 Å². The Morgan fingerprint density at radius 2 is 2.00 bits per heavy atom. The molecule has 0 fully saturated rings. The number of benzene rings is 2.